The molecule has 2 atom stereocenters. The van der Waals surface area contributed by atoms with Crippen LogP contribution in [0.5, 0.6) is 5.75 Å². The predicted octanol–water partition coefficient (Wildman–Crippen LogP) is 4.16. The number of nitrogens with one attached hydrogen (secondary N) is 1. The summed E-state index contributed by atoms with van der Waals surface area (Å²) in [5, 5.41) is 2.90. The molecule has 0 aromatic heterocycles. The van der Waals surface area contributed by atoms with Gasteiger partial charge in [-0.3, -0.25) is 4.79 Å². The molecule has 1 fully saturated rings. The van der Waals surface area contributed by atoms with Gasteiger partial charge in [-0.2, -0.15) is 0 Å². The van der Waals surface area contributed by atoms with Crippen molar-refractivity contribution < 1.29 is 9.53 Å². The molecule has 1 aliphatic rings. The van der Waals surface area contributed by atoms with Crippen molar-refractivity contribution in [1.29, 1.82) is 0 Å². The fourth-order valence-electron chi connectivity index (χ4n) is 3.40. The lowest BCUT2D eigenvalue weighted by Crippen LogP contribution is -2.25. The van der Waals surface area contributed by atoms with Crippen molar-refractivity contribution in [3.63, 3.8) is 0 Å². The van der Waals surface area contributed by atoms with E-state index in [0.717, 1.165) is 30.8 Å². The SMILES string of the molecule is CC(=O)N[C@@H](C)c1ccc(OC2CCN(c3ccc(C)c(C)c3)C2)cc1. The van der Waals surface area contributed by atoms with Gasteiger partial charge in [0.1, 0.15) is 11.9 Å². The van der Waals surface area contributed by atoms with E-state index in [4.69, 9.17) is 4.74 Å². The molecule has 138 valence electrons. The molecule has 1 saturated heterocycles. The summed E-state index contributed by atoms with van der Waals surface area (Å²) >= 11 is 0. The Labute approximate surface area is 156 Å². The summed E-state index contributed by atoms with van der Waals surface area (Å²) in [6.45, 7) is 9.75. The number of ether oxygens (including phenoxy) is 1. The van der Waals surface area contributed by atoms with Crippen molar-refractivity contribution in [2.75, 3.05) is 18.0 Å². The normalized spacial score (nSPS) is 17.8. The molecule has 1 heterocycles. The molecule has 1 aliphatic heterocycles. The van der Waals surface area contributed by atoms with Crippen LogP contribution >= 0.6 is 0 Å². The van der Waals surface area contributed by atoms with Gasteiger partial charge in [0, 0.05) is 25.6 Å². The van der Waals surface area contributed by atoms with E-state index in [1.807, 2.05) is 31.2 Å². The van der Waals surface area contributed by atoms with Crippen LogP contribution in [0.2, 0.25) is 0 Å². The second kappa shape index (κ2) is 7.81. The molecule has 3 rings (SSSR count). The number of carbonyl (C=O) groups excluding carboxylic acids is 1. The van der Waals surface area contributed by atoms with Crippen LogP contribution in [0.4, 0.5) is 5.69 Å². The Hall–Kier alpha value is -2.49. The number of hydrogen-bond acceptors (Lipinski definition) is 3. The number of carbonyl (C=O) groups is 1. The third-order valence-electron chi connectivity index (χ3n) is 5.10. The maximum Gasteiger partial charge on any atom is 0.217 e. The standard InChI is InChI=1S/C22H28N2O2/c1-15-5-8-20(13-16(15)2)24-12-11-22(14-24)26-21-9-6-19(7-10-21)17(3)23-18(4)25/h5-10,13,17,22H,11-12,14H2,1-4H3,(H,23,25)/t17-,22?/m0/s1. The number of anilines is 1. The van der Waals surface area contributed by atoms with Crippen LogP contribution in [0.3, 0.4) is 0 Å². The molecule has 0 spiro atoms. The van der Waals surface area contributed by atoms with Crippen molar-refractivity contribution in [1.82, 2.24) is 5.32 Å². The summed E-state index contributed by atoms with van der Waals surface area (Å²) in [4.78, 5) is 13.6. The second-order valence-electron chi connectivity index (χ2n) is 7.23. The third-order valence-corrected chi connectivity index (χ3v) is 5.10. The number of rotatable bonds is 5. The van der Waals surface area contributed by atoms with Gasteiger partial charge in [-0.25, -0.2) is 0 Å². The van der Waals surface area contributed by atoms with E-state index in [2.05, 4.69) is 42.3 Å². The largest absolute Gasteiger partial charge is 0.489 e. The minimum Gasteiger partial charge on any atom is -0.489 e. The molecule has 26 heavy (non-hydrogen) atoms. The maximum atomic E-state index is 11.2. The quantitative estimate of drug-likeness (QED) is 0.878. The molecule has 4 heteroatoms. The fraction of sp³-hybridized carbons (Fsp3) is 0.409. The summed E-state index contributed by atoms with van der Waals surface area (Å²) in [5.74, 6) is 0.867. The van der Waals surface area contributed by atoms with Crippen LogP contribution in [0, 0.1) is 13.8 Å². The molecule has 4 nitrogen and oxygen atoms in total. The second-order valence-corrected chi connectivity index (χ2v) is 7.23. The zero-order valence-electron chi connectivity index (χ0n) is 16.1. The minimum atomic E-state index is -0.0183. The highest BCUT2D eigenvalue weighted by molar-refractivity contribution is 5.73. The van der Waals surface area contributed by atoms with Crippen LogP contribution in [0.15, 0.2) is 42.5 Å². The van der Waals surface area contributed by atoms with E-state index < -0.39 is 0 Å². The smallest absolute Gasteiger partial charge is 0.217 e. The Morgan fingerprint density at radius 1 is 1.15 bits per heavy atom. The van der Waals surface area contributed by atoms with Crippen LogP contribution in [-0.4, -0.2) is 25.1 Å². The van der Waals surface area contributed by atoms with Crippen molar-refractivity contribution in [3.05, 3.63) is 59.2 Å². The van der Waals surface area contributed by atoms with Crippen molar-refractivity contribution >= 4 is 11.6 Å². The van der Waals surface area contributed by atoms with Crippen LogP contribution in [0.25, 0.3) is 0 Å². The fourth-order valence-corrected chi connectivity index (χ4v) is 3.40. The molecular weight excluding hydrogens is 324 g/mol. The summed E-state index contributed by atoms with van der Waals surface area (Å²) in [6.07, 6.45) is 1.23. The molecule has 2 aromatic rings. The van der Waals surface area contributed by atoms with Gasteiger partial charge in [0.15, 0.2) is 0 Å². The molecule has 1 unspecified atom stereocenters. The molecule has 0 saturated carbocycles. The van der Waals surface area contributed by atoms with E-state index in [-0.39, 0.29) is 18.1 Å². The third kappa shape index (κ3) is 4.37. The Bertz CT molecular complexity index is 770. The monoisotopic (exact) mass is 352 g/mol. The van der Waals surface area contributed by atoms with Crippen LogP contribution in [-0.2, 0) is 4.79 Å². The van der Waals surface area contributed by atoms with Gasteiger partial charge >= 0.3 is 0 Å². The van der Waals surface area contributed by atoms with Gasteiger partial charge in [0.05, 0.1) is 12.6 Å². The van der Waals surface area contributed by atoms with Gasteiger partial charge in [-0.05, 0) is 61.7 Å². The van der Waals surface area contributed by atoms with Crippen molar-refractivity contribution in [3.8, 4) is 5.75 Å². The average molecular weight is 352 g/mol. The Morgan fingerprint density at radius 2 is 1.88 bits per heavy atom. The average Bonchev–Trinajstić information content (AvgIpc) is 3.06. The Morgan fingerprint density at radius 3 is 2.54 bits per heavy atom. The maximum absolute atomic E-state index is 11.2. The Balaban J connectivity index is 1.58. The predicted molar refractivity (Wildman–Crippen MR) is 106 cm³/mol. The lowest BCUT2D eigenvalue weighted by atomic mass is 10.1. The zero-order valence-corrected chi connectivity index (χ0v) is 16.1. The topological polar surface area (TPSA) is 41.6 Å². The molecule has 0 radical (unpaired) electrons. The van der Waals surface area contributed by atoms with Crippen LogP contribution in [0.1, 0.15) is 43.0 Å². The van der Waals surface area contributed by atoms with Gasteiger partial charge in [-0.15, -0.1) is 0 Å². The number of hydrogen-bond donors (Lipinski definition) is 1. The highest BCUT2D eigenvalue weighted by Crippen LogP contribution is 2.26. The van der Waals surface area contributed by atoms with Crippen LogP contribution < -0.4 is 15.0 Å². The number of benzene rings is 2. The van der Waals surface area contributed by atoms with E-state index in [0.29, 0.717) is 0 Å². The molecule has 0 aliphatic carbocycles. The zero-order chi connectivity index (χ0) is 18.7. The minimum absolute atomic E-state index is 0.00768. The van der Waals surface area contributed by atoms with Crippen molar-refractivity contribution in [2.24, 2.45) is 0 Å². The number of amides is 1. The van der Waals surface area contributed by atoms with Gasteiger partial charge in [0.2, 0.25) is 5.91 Å². The molecule has 0 bridgehead atoms. The van der Waals surface area contributed by atoms with Gasteiger partial charge < -0.3 is 15.0 Å². The van der Waals surface area contributed by atoms with E-state index >= 15 is 0 Å². The molecule has 2 aromatic carbocycles. The Kier molecular flexibility index (Phi) is 5.50. The molecular formula is C22H28N2O2. The lowest BCUT2D eigenvalue weighted by Gasteiger charge is -2.20. The summed E-state index contributed by atoms with van der Waals surface area (Å²) in [5.41, 5.74) is 5.01. The summed E-state index contributed by atoms with van der Waals surface area (Å²) in [6, 6.07) is 14.7. The van der Waals surface area contributed by atoms with E-state index in [1.165, 1.54) is 23.7 Å². The van der Waals surface area contributed by atoms with Crippen molar-refractivity contribution in [2.45, 2.75) is 46.3 Å². The number of aryl methyl sites for hydroxylation is 2. The van der Waals surface area contributed by atoms with E-state index in [1.54, 1.807) is 0 Å². The van der Waals surface area contributed by atoms with Gasteiger partial charge in [-0.1, -0.05) is 18.2 Å². The highest BCUT2D eigenvalue weighted by atomic mass is 16.5. The highest BCUT2D eigenvalue weighted by Gasteiger charge is 2.24. The first-order valence-electron chi connectivity index (χ1n) is 9.28. The first-order chi connectivity index (χ1) is 12.4. The molecule has 1 amide bonds. The first kappa shape index (κ1) is 18.3. The lowest BCUT2D eigenvalue weighted by molar-refractivity contribution is -0.119. The van der Waals surface area contributed by atoms with E-state index in [9.17, 15) is 4.79 Å². The summed E-state index contributed by atoms with van der Waals surface area (Å²) in [7, 11) is 0. The first-order valence-corrected chi connectivity index (χ1v) is 9.28. The molecule has 1 N–H and O–H groups in total. The summed E-state index contributed by atoms with van der Waals surface area (Å²) < 4.78 is 6.17. The van der Waals surface area contributed by atoms with Gasteiger partial charge in [0.25, 0.3) is 0 Å². The number of nitrogens with zero attached hydrogens (tertiary/aromatic N) is 1.